The number of esters is 1. The van der Waals surface area contributed by atoms with Crippen molar-refractivity contribution in [1.29, 1.82) is 0 Å². The lowest BCUT2D eigenvalue weighted by molar-refractivity contribution is -0.146. The van der Waals surface area contributed by atoms with Gasteiger partial charge in [0.05, 0.1) is 16.8 Å². The van der Waals surface area contributed by atoms with E-state index in [1.54, 1.807) is 6.92 Å². The van der Waals surface area contributed by atoms with Gasteiger partial charge in [0.2, 0.25) is 0 Å². The largest absolute Gasteiger partial charge is 0.465 e. The molecule has 2 rings (SSSR count). The molecule has 0 spiro atoms. The molecule has 0 aliphatic carbocycles. The van der Waals surface area contributed by atoms with Gasteiger partial charge in [-0.1, -0.05) is 11.3 Å². The van der Waals surface area contributed by atoms with E-state index in [1.165, 1.54) is 11.5 Å². The number of hydrogen-bond acceptors (Lipinski definition) is 6. The molecule has 24 heavy (non-hydrogen) atoms. The van der Waals surface area contributed by atoms with Crippen LogP contribution < -0.4 is 4.87 Å². The minimum absolute atomic E-state index is 0.0254. The standard InChI is InChI=1S/C15H18INO5S2/c1-4-22-13(18)15(2,24(3,20)21)7-8-17-11-6-5-10(16)9-12(11)23-14(17)19/h5-6,9H,4,7-8H2,1-3H3/t15-/m1/s1. The Kier molecular flexibility index (Phi) is 5.75. The molecule has 0 aliphatic heterocycles. The molecule has 9 heteroatoms. The van der Waals surface area contributed by atoms with Gasteiger partial charge in [0.15, 0.2) is 14.6 Å². The number of sulfone groups is 1. The third-order valence-electron chi connectivity index (χ3n) is 3.97. The first-order valence-electron chi connectivity index (χ1n) is 7.26. The zero-order chi connectivity index (χ0) is 18.1. The molecule has 0 bridgehead atoms. The van der Waals surface area contributed by atoms with E-state index in [2.05, 4.69) is 22.6 Å². The van der Waals surface area contributed by atoms with Gasteiger partial charge in [0.1, 0.15) is 0 Å². The fourth-order valence-corrected chi connectivity index (χ4v) is 4.78. The van der Waals surface area contributed by atoms with Gasteiger partial charge in [-0.15, -0.1) is 0 Å². The first-order chi connectivity index (χ1) is 11.1. The number of rotatable bonds is 6. The van der Waals surface area contributed by atoms with Crippen LogP contribution in [0.2, 0.25) is 0 Å². The van der Waals surface area contributed by atoms with Crippen LogP contribution in [-0.2, 0) is 25.9 Å². The maximum atomic E-state index is 12.2. The molecule has 0 amide bonds. The van der Waals surface area contributed by atoms with Gasteiger partial charge < -0.3 is 4.74 Å². The highest BCUT2D eigenvalue weighted by Gasteiger charge is 2.44. The molecule has 0 fully saturated rings. The monoisotopic (exact) mass is 483 g/mol. The number of carbonyl (C=O) groups is 1. The third-order valence-corrected chi connectivity index (χ3v) is 7.59. The summed E-state index contributed by atoms with van der Waals surface area (Å²) in [6.07, 6.45) is 0.989. The van der Waals surface area contributed by atoms with Crippen LogP contribution in [0.25, 0.3) is 10.2 Å². The molecule has 1 heterocycles. The Morgan fingerprint density at radius 1 is 1.42 bits per heavy atom. The molecule has 132 valence electrons. The van der Waals surface area contributed by atoms with Gasteiger partial charge in [-0.3, -0.25) is 14.2 Å². The molecule has 2 aromatic rings. The number of carbonyl (C=O) groups excluding carboxylic acids is 1. The van der Waals surface area contributed by atoms with E-state index in [0.29, 0.717) is 0 Å². The van der Waals surface area contributed by atoms with Crippen molar-refractivity contribution in [1.82, 2.24) is 4.57 Å². The van der Waals surface area contributed by atoms with Crippen molar-refractivity contribution in [3.05, 3.63) is 31.4 Å². The number of fused-ring (bicyclic) bond motifs is 1. The zero-order valence-corrected chi connectivity index (χ0v) is 17.3. The SMILES string of the molecule is CCOC(=O)[C@@](C)(CCn1c(=O)sc2cc(I)ccc21)S(C)(=O)=O. The number of aryl methyl sites for hydroxylation is 1. The summed E-state index contributed by atoms with van der Waals surface area (Å²) in [4.78, 5) is 24.2. The number of aromatic nitrogens is 1. The van der Waals surface area contributed by atoms with Crippen LogP contribution in [-0.4, -0.2) is 36.6 Å². The molecule has 0 N–H and O–H groups in total. The summed E-state index contributed by atoms with van der Waals surface area (Å²) in [7, 11) is -3.70. The number of ether oxygens (including phenoxy) is 1. The molecular formula is C15H18INO5S2. The minimum atomic E-state index is -3.70. The van der Waals surface area contributed by atoms with Gasteiger partial charge in [-0.2, -0.15) is 0 Å². The highest BCUT2D eigenvalue weighted by Crippen LogP contribution is 2.26. The molecule has 0 saturated carbocycles. The van der Waals surface area contributed by atoms with E-state index in [4.69, 9.17) is 4.74 Å². The normalized spacial score (nSPS) is 14.5. The maximum absolute atomic E-state index is 12.2. The fourth-order valence-electron chi connectivity index (χ4n) is 2.30. The van der Waals surface area contributed by atoms with Crippen molar-refractivity contribution >= 4 is 60.0 Å². The highest BCUT2D eigenvalue weighted by atomic mass is 127. The lowest BCUT2D eigenvalue weighted by Crippen LogP contribution is -2.45. The lowest BCUT2D eigenvalue weighted by atomic mass is 10.1. The van der Waals surface area contributed by atoms with E-state index in [0.717, 1.165) is 31.4 Å². The number of halogens is 1. The number of hydrogen-bond donors (Lipinski definition) is 0. The van der Waals surface area contributed by atoms with Crippen molar-refractivity contribution in [2.75, 3.05) is 12.9 Å². The highest BCUT2D eigenvalue weighted by molar-refractivity contribution is 14.1. The summed E-state index contributed by atoms with van der Waals surface area (Å²) in [6, 6.07) is 5.61. The molecule has 1 atom stereocenters. The summed E-state index contributed by atoms with van der Waals surface area (Å²) >= 11 is 3.27. The Morgan fingerprint density at radius 3 is 2.67 bits per heavy atom. The van der Waals surface area contributed by atoms with Gasteiger partial charge >= 0.3 is 10.8 Å². The number of nitrogens with zero attached hydrogens (tertiary/aromatic N) is 1. The first kappa shape index (κ1) is 19.4. The molecule has 1 aromatic heterocycles. The van der Waals surface area contributed by atoms with Crippen LogP contribution in [0.15, 0.2) is 23.0 Å². The summed E-state index contributed by atoms with van der Waals surface area (Å²) in [5.74, 6) is -0.783. The third kappa shape index (κ3) is 3.67. The Morgan fingerprint density at radius 2 is 2.08 bits per heavy atom. The number of thiazole rings is 1. The van der Waals surface area contributed by atoms with Gasteiger partial charge in [-0.25, -0.2) is 8.42 Å². The van der Waals surface area contributed by atoms with E-state index in [9.17, 15) is 18.0 Å². The van der Waals surface area contributed by atoms with Gasteiger partial charge in [0, 0.05) is 16.4 Å². The summed E-state index contributed by atoms with van der Waals surface area (Å²) in [5.41, 5.74) is 0.741. The van der Waals surface area contributed by atoms with E-state index in [-0.39, 0.29) is 24.4 Å². The molecule has 0 saturated heterocycles. The van der Waals surface area contributed by atoms with Gasteiger partial charge in [-0.05, 0) is 61.1 Å². The van der Waals surface area contributed by atoms with Crippen LogP contribution in [0.1, 0.15) is 20.3 Å². The smallest absolute Gasteiger partial charge is 0.327 e. The summed E-state index contributed by atoms with van der Waals surface area (Å²) in [6.45, 7) is 3.20. The van der Waals surface area contributed by atoms with Crippen molar-refractivity contribution in [3.63, 3.8) is 0 Å². The van der Waals surface area contributed by atoms with E-state index in [1.807, 2.05) is 18.2 Å². The summed E-state index contributed by atoms with van der Waals surface area (Å²) in [5, 5.41) is 0. The molecule has 1 aromatic carbocycles. The maximum Gasteiger partial charge on any atom is 0.327 e. The van der Waals surface area contributed by atoms with Crippen LogP contribution in [0.4, 0.5) is 0 Å². The second kappa shape index (κ2) is 7.12. The van der Waals surface area contributed by atoms with E-state index < -0.39 is 20.6 Å². The molecule has 0 radical (unpaired) electrons. The van der Waals surface area contributed by atoms with Gasteiger partial charge in [0.25, 0.3) is 0 Å². The molecule has 0 aliphatic rings. The Hall–Kier alpha value is -0.940. The quantitative estimate of drug-likeness (QED) is 0.466. The lowest BCUT2D eigenvalue weighted by Gasteiger charge is -2.25. The fraction of sp³-hybridized carbons (Fsp3) is 0.467. The van der Waals surface area contributed by atoms with Crippen LogP contribution >= 0.6 is 33.9 Å². The predicted molar refractivity (Wildman–Crippen MR) is 103 cm³/mol. The van der Waals surface area contributed by atoms with Crippen molar-refractivity contribution in [2.24, 2.45) is 0 Å². The predicted octanol–water partition coefficient (Wildman–Crippen LogP) is 2.42. The van der Waals surface area contributed by atoms with E-state index >= 15 is 0 Å². The molecular weight excluding hydrogens is 465 g/mol. The Balaban J connectivity index is 2.39. The Labute approximate surface area is 157 Å². The second-order valence-electron chi connectivity index (χ2n) is 5.61. The second-order valence-corrected chi connectivity index (χ2v) is 10.3. The van der Waals surface area contributed by atoms with Crippen molar-refractivity contribution < 1.29 is 17.9 Å². The summed E-state index contributed by atoms with van der Waals surface area (Å²) < 4.78 is 30.9. The van der Waals surface area contributed by atoms with Crippen molar-refractivity contribution in [2.45, 2.75) is 31.6 Å². The average molecular weight is 483 g/mol. The molecule has 0 unspecified atom stereocenters. The number of benzene rings is 1. The van der Waals surface area contributed by atoms with Crippen molar-refractivity contribution in [3.8, 4) is 0 Å². The van der Waals surface area contributed by atoms with Crippen LogP contribution in [0.3, 0.4) is 0 Å². The molecule has 6 nitrogen and oxygen atoms in total. The Bertz CT molecular complexity index is 931. The minimum Gasteiger partial charge on any atom is -0.465 e. The zero-order valence-electron chi connectivity index (χ0n) is 13.5. The van der Waals surface area contributed by atoms with Crippen LogP contribution in [0.5, 0.6) is 0 Å². The average Bonchev–Trinajstić information content (AvgIpc) is 2.78. The van der Waals surface area contributed by atoms with Crippen LogP contribution in [0, 0.1) is 3.57 Å². The first-order valence-corrected chi connectivity index (χ1v) is 11.0. The topological polar surface area (TPSA) is 82.4 Å².